The first-order valence-corrected chi connectivity index (χ1v) is 30.6. The zero-order valence-corrected chi connectivity index (χ0v) is 47.5. The molecule has 8 unspecified atom stereocenters. The quantitative estimate of drug-likeness (QED) is 0.0195. The summed E-state index contributed by atoms with van der Waals surface area (Å²) in [6.45, 7) is 5.73. The van der Waals surface area contributed by atoms with Crippen molar-refractivity contribution in [2.45, 2.75) is 314 Å². The van der Waals surface area contributed by atoms with Gasteiger partial charge in [0.15, 0.2) is 12.4 Å². The lowest BCUT2D eigenvalue weighted by Gasteiger charge is -2.41. The van der Waals surface area contributed by atoms with Gasteiger partial charge in [0.1, 0.15) is 24.4 Å². The number of ether oxygens (including phenoxy) is 3. The molecule has 74 heavy (non-hydrogen) atoms. The minimum Gasteiger partial charge on any atom is -0.454 e. The Morgan fingerprint density at radius 1 is 0.527 bits per heavy atom. The maximum absolute atomic E-state index is 13.4. The predicted octanol–water partition coefficient (Wildman–Crippen LogP) is 14.2. The molecule has 6 N–H and O–H groups in total. The lowest BCUT2D eigenvalue weighted by atomic mass is 9.99. The molecule has 0 spiro atoms. The van der Waals surface area contributed by atoms with Crippen LogP contribution in [0.4, 0.5) is 0 Å². The Labute approximate surface area is 452 Å². The summed E-state index contributed by atoms with van der Waals surface area (Å²) < 4.78 is 17.6. The minimum absolute atomic E-state index is 0.112. The lowest BCUT2D eigenvalue weighted by Crippen LogP contribution is -2.61. The van der Waals surface area contributed by atoms with Crippen LogP contribution in [0.2, 0.25) is 0 Å². The van der Waals surface area contributed by atoms with Gasteiger partial charge >= 0.3 is 5.97 Å². The molecule has 11 nitrogen and oxygen atoms in total. The normalized spacial score (nSPS) is 19.7. The summed E-state index contributed by atoms with van der Waals surface area (Å²) in [6.07, 6.45) is 52.6. The van der Waals surface area contributed by atoms with Gasteiger partial charge in [-0.05, 0) is 89.9 Å². The molecule has 1 saturated heterocycles. The second kappa shape index (κ2) is 51.1. The molecule has 0 radical (unpaired) electrons. The SMILES string of the molecule is CCCCC/C=C\C/C=C\C/C=C\CCCCCCCCCCC(=O)OC1C(OCC(NC(=O)C(O)CCCC/C=C\CCCCCCCCC)C(O)/C=C/CCCCCCCCCCC)OC(CO)C(O)C1O. The van der Waals surface area contributed by atoms with Crippen molar-refractivity contribution in [1.29, 1.82) is 0 Å². The van der Waals surface area contributed by atoms with Gasteiger partial charge in [0, 0.05) is 6.42 Å². The average Bonchev–Trinajstić information content (AvgIpc) is 3.40. The van der Waals surface area contributed by atoms with Crippen LogP contribution in [-0.2, 0) is 23.8 Å². The zero-order valence-electron chi connectivity index (χ0n) is 47.5. The lowest BCUT2D eigenvalue weighted by molar-refractivity contribution is -0.305. The Kier molecular flexibility index (Phi) is 47.9. The van der Waals surface area contributed by atoms with E-state index in [1.165, 1.54) is 135 Å². The van der Waals surface area contributed by atoms with Crippen molar-refractivity contribution < 1.29 is 49.3 Å². The highest BCUT2D eigenvalue weighted by Gasteiger charge is 2.47. The molecule has 0 bridgehead atoms. The van der Waals surface area contributed by atoms with Crippen molar-refractivity contribution >= 4 is 11.9 Å². The van der Waals surface area contributed by atoms with Crippen LogP contribution in [0.25, 0.3) is 0 Å². The van der Waals surface area contributed by atoms with Crippen LogP contribution in [0.1, 0.15) is 265 Å². The summed E-state index contributed by atoms with van der Waals surface area (Å²) in [4.78, 5) is 26.5. The molecule has 11 heteroatoms. The third-order valence-electron chi connectivity index (χ3n) is 14.1. The fourth-order valence-corrected chi connectivity index (χ4v) is 9.24. The van der Waals surface area contributed by atoms with Gasteiger partial charge in [0.25, 0.3) is 0 Å². The second-order valence-corrected chi connectivity index (χ2v) is 21.1. The van der Waals surface area contributed by atoms with Crippen molar-refractivity contribution in [2.24, 2.45) is 0 Å². The van der Waals surface area contributed by atoms with Gasteiger partial charge in [-0.15, -0.1) is 0 Å². The molecular formula is C63H113NO10. The summed E-state index contributed by atoms with van der Waals surface area (Å²) >= 11 is 0. The van der Waals surface area contributed by atoms with E-state index in [2.05, 4.69) is 74.7 Å². The fraction of sp³-hybridized carbons (Fsp3) is 0.810. The van der Waals surface area contributed by atoms with Crippen LogP contribution in [0.5, 0.6) is 0 Å². The number of rotatable bonds is 51. The van der Waals surface area contributed by atoms with Gasteiger partial charge in [-0.25, -0.2) is 0 Å². The van der Waals surface area contributed by atoms with Crippen molar-refractivity contribution in [3.05, 3.63) is 60.8 Å². The van der Waals surface area contributed by atoms with Crippen LogP contribution in [0.3, 0.4) is 0 Å². The smallest absolute Gasteiger partial charge is 0.306 e. The highest BCUT2D eigenvalue weighted by molar-refractivity contribution is 5.80. The monoisotopic (exact) mass is 1040 g/mol. The van der Waals surface area contributed by atoms with E-state index in [-0.39, 0.29) is 19.4 Å². The Balaban J connectivity index is 2.66. The van der Waals surface area contributed by atoms with Gasteiger partial charge in [-0.3, -0.25) is 9.59 Å². The molecule has 0 aromatic rings. The number of carbonyl (C=O) groups excluding carboxylic acids is 2. The number of unbranched alkanes of at least 4 members (excludes halogenated alkanes) is 29. The van der Waals surface area contributed by atoms with Gasteiger partial charge in [0.2, 0.25) is 5.91 Å². The van der Waals surface area contributed by atoms with Gasteiger partial charge < -0.3 is 45.1 Å². The number of aliphatic hydroxyl groups is 5. The summed E-state index contributed by atoms with van der Waals surface area (Å²) in [6, 6.07) is -1.03. The van der Waals surface area contributed by atoms with E-state index in [0.717, 1.165) is 83.5 Å². The first-order valence-electron chi connectivity index (χ1n) is 30.6. The van der Waals surface area contributed by atoms with E-state index in [4.69, 9.17) is 14.2 Å². The molecule has 0 saturated carbocycles. The fourth-order valence-electron chi connectivity index (χ4n) is 9.24. The van der Waals surface area contributed by atoms with Crippen molar-refractivity contribution in [3.63, 3.8) is 0 Å². The third-order valence-corrected chi connectivity index (χ3v) is 14.1. The summed E-state index contributed by atoms with van der Waals surface area (Å²) in [7, 11) is 0. The summed E-state index contributed by atoms with van der Waals surface area (Å²) in [5.41, 5.74) is 0. The molecule has 1 fully saturated rings. The number of hydrogen-bond donors (Lipinski definition) is 6. The van der Waals surface area contributed by atoms with Crippen LogP contribution in [0, 0.1) is 0 Å². The first-order chi connectivity index (χ1) is 36.2. The van der Waals surface area contributed by atoms with Gasteiger partial charge in [-0.2, -0.15) is 0 Å². The summed E-state index contributed by atoms with van der Waals surface area (Å²) in [5.74, 6) is -1.22. The van der Waals surface area contributed by atoms with E-state index in [0.29, 0.717) is 12.8 Å². The molecule has 1 aliphatic heterocycles. The molecule has 1 amide bonds. The Bertz CT molecular complexity index is 1430. The van der Waals surface area contributed by atoms with Crippen molar-refractivity contribution in [2.75, 3.05) is 13.2 Å². The number of esters is 1. The van der Waals surface area contributed by atoms with E-state index in [1.807, 2.05) is 6.08 Å². The molecule has 1 heterocycles. The molecule has 1 rings (SSSR count). The first kappa shape index (κ1) is 69.4. The van der Waals surface area contributed by atoms with E-state index < -0.39 is 67.4 Å². The standard InChI is InChI=1S/C63H113NO10/c1-4-7-10-13-16-19-22-24-25-26-27-28-29-30-31-33-36-39-42-45-48-51-58(68)74-61-60(70)59(69)57(52-65)73-63(61)72-53-54(55(66)49-46-43-40-37-34-21-18-15-12-9-6-3)64-62(71)56(67)50-47-44-41-38-35-32-23-20-17-14-11-8-5-2/h16,19,24-25,27-28,35,38,46,49,54-57,59-61,63,65-67,69-70H,4-15,17-18,20-23,26,29-34,36-37,39-45,47-48,50-53H2,1-3H3,(H,64,71)/b19-16-,25-24-,28-27-,38-35-,49-46+. The second-order valence-electron chi connectivity index (χ2n) is 21.1. The topological polar surface area (TPSA) is 175 Å². The average molecular weight is 1040 g/mol. The summed E-state index contributed by atoms with van der Waals surface area (Å²) in [5, 5.41) is 56.8. The van der Waals surface area contributed by atoms with Crippen LogP contribution in [-0.4, -0.2) is 99.6 Å². The predicted molar refractivity (Wildman–Crippen MR) is 306 cm³/mol. The Morgan fingerprint density at radius 3 is 1.43 bits per heavy atom. The maximum Gasteiger partial charge on any atom is 0.306 e. The molecular weight excluding hydrogens is 931 g/mol. The number of allylic oxidation sites excluding steroid dienone is 9. The van der Waals surface area contributed by atoms with Crippen molar-refractivity contribution in [1.82, 2.24) is 5.32 Å². The molecule has 430 valence electrons. The van der Waals surface area contributed by atoms with Crippen LogP contribution < -0.4 is 5.32 Å². The highest BCUT2D eigenvalue weighted by atomic mass is 16.7. The molecule has 0 aliphatic carbocycles. The molecule has 0 aromatic heterocycles. The molecule has 8 atom stereocenters. The maximum atomic E-state index is 13.4. The zero-order chi connectivity index (χ0) is 54.0. The van der Waals surface area contributed by atoms with Crippen LogP contribution in [0.15, 0.2) is 60.8 Å². The largest absolute Gasteiger partial charge is 0.454 e. The molecule has 0 aromatic carbocycles. The number of carbonyl (C=O) groups is 2. The van der Waals surface area contributed by atoms with Crippen LogP contribution >= 0.6 is 0 Å². The Morgan fingerprint density at radius 2 is 0.932 bits per heavy atom. The van der Waals surface area contributed by atoms with Crippen molar-refractivity contribution in [3.8, 4) is 0 Å². The van der Waals surface area contributed by atoms with E-state index >= 15 is 0 Å². The number of hydrogen-bond acceptors (Lipinski definition) is 10. The Hall–Kier alpha value is -2.64. The van der Waals surface area contributed by atoms with Gasteiger partial charge in [0.05, 0.1) is 25.4 Å². The molecule has 1 aliphatic rings. The number of nitrogens with one attached hydrogen (secondary N) is 1. The number of aliphatic hydroxyl groups excluding tert-OH is 5. The van der Waals surface area contributed by atoms with E-state index in [1.54, 1.807) is 6.08 Å². The highest BCUT2D eigenvalue weighted by Crippen LogP contribution is 2.26. The van der Waals surface area contributed by atoms with Gasteiger partial charge in [-0.1, -0.05) is 229 Å². The van der Waals surface area contributed by atoms with E-state index in [9.17, 15) is 35.1 Å². The minimum atomic E-state index is -1.62. The number of amides is 1. The third kappa shape index (κ3) is 38.8.